The predicted octanol–water partition coefficient (Wildman–Crippen LogP) is 2.66. The highest BCUT2D eigenvalue weighted by molar-refractivity contribution is 6.17. The Balaban J connectivity index is 3.37. The first kappa shape index (κ1) is 8.15. The molecule has 0 fully saturated rings. The smallest absolute Gasteiger partial charge is 0.207 e. The third-order valence-electron chi connectivity index (χ3n) is 0.978. The van der Waals surface area contributed by atoms with Crippen LogP contribution in [0.3, 0.4) is 0 Å². The van der Waals surface area contributed by atoms with Crippen molar-refractivity contribution in [3.63, 3.8) is 0 Å². The van der Waals surface area contributed by atoms with E-state index >= 15 is 0 Å². The van der Waals surface area contributed by atoms with Gasteiger partial charge >= 0.3 is 0 Å². The van der Waals surface area contributed by atoms with Gasteiger partial charge in [-0.25, -0.2) is 8.78 Å². The van der Waals surface area contributed by atoms with Gasteiger partial charge in [0.2, 0.25) is 5.92 Å². The SMILES string of the molecule is CCC(F)(F)CCCl. The van der Waals surface area contributed by atoms with E-state index in [1.54, 1.807) is 0 Å². The fourth-order valence-electron chi connectivity index (χ4n) is 0.315. The van der Waals surface area contributed by atoms with Gasteiger partial charge in [0.05, 0.1) is 0 Å². The van der Waals surface area contributed by atoms with Gasteiger partial charge in [0.25, 0.3) is 0 Å². The summed E-state index contributed by atoms with van der Waals surface area (Å²) in [7, 11) is 0. The molecule has 0 N–H and O–H groups in total. The summed E-state index contributed by atoms with van der Waals surface area (Å²) < 4.78 is 24.1. The molecule has 0 saturated heterocycles. The van der Waals surface area contributed by atoms with E-state index in [-0.39, 0.29) is 18.7 Å². The van der Waals surface area contributed by atoms with Crippen LogP contribution in [0.25, 0.3) is 0 Å². The van der Waals surface area contributed by atoms with E-state index in [1.165, 1.54) is 6.92 Å². The van der Waals surface area contributed by atoms with Gasteiger partial charge in [0, 0.05) is 18.7 Å². The molecule has 0 aromatic heterocycles. The fraction of sp³-hybridized carbons (Fsp3) is 1.00. The van der Waals surface area contributed by atoms with Gasteiger partial charge in [-0.3, -0.25) is 0 Å². The number of alkyl halides is 3. The van der Waals surface area contributed by atoms with E-state index in [4.69, 9.17) is 11.6 Å². The summed E-state index contributed by atoms with van der Waals surface area (Å²) in [6.07, 6.45) is -0.315. The molecule has 3 heteroatoms. The summed E-state index contributed by atoms with van der Waals surface area (Å²) in [6.45, 7) is 1.45. The average Bonchev–Trinajstić information content (AvgIpc) is 1.67. The molecule has 50 valence electrons. The van der Waals surface area contributed by atoms with Gasteiger partial charge in [0.1, 0.15) is 0 Å². The van der Waals surface area contributed by atoms with Crippen LogP contribution in [0.5, 0.6) is 0 Å². The molecule has 0 aromatic rings. The van der Waals surface area contributed by atoms with Gasteiger partial charge in [-0.1, -0.05) is 6.92 Å². The number of halogens is 3. The molecule has 0 amide bonds. The maximum absolute atomic E-state index is 12.1. The zero-order chi connectivity index (χ0) is 6.62. The first-order valence-electron chi connectivity index (χ1n) is 2.56. The molecule has 0 aliphatic rings. The average molecular weight is 143 g/mol. The summed E-state index contributed by atoms with van der Waals surface area (Å²) >= 11 is 5.08. The van der Waals surface area contributed by atoms with Crippen LogP contribution >= 0.6 is 11.6 Å². The molecule has 0 aliphatic heterocycles. The van der Waals surface area contributed by atoms with Crippen LogP contribution < -0.4 is 0 Å². The highest BCUT2D eigenvalue weighted by atomic mass is 35.5. The summed E-state index contributed by atoms with van der Waals surface area (Å²) in [4.78, 5) is 0. The van der Waals surface area contributed by atoms with Crippen molar-refractivity contribution in [2.45, 2.75) is 25.7 Å². The Morgan fingerprint density at radius 3 is 2.12 bits per heavy atom. The minimum absolute atomic E-state index is 0.0425. The molecular formula is C5H9ClF2. The van der Waals surface area contributed by atoms with Crippen LogP contribution in [-0.2, 0) is 0 Å². The number of rotatable bonds is 3. The third-order valence-corrected chi connectivity index (χ3v) is 1.17. The number of hydrogen-bond donors (Lipinski definition) is 0. The van der Waals surface area contributed by atoms with Gasteiger partial charge in [-0.05, 0) is 0 Å². The molecule has 0 rings (SSSR count). The van der Waals surface area contributed by atoms with Gasteiger partial charge < -0.3 is 0 Å². The standard InChI is InChI=1S/C5H9ClF2/c1-2-5(7,8)3-4-6/h2-4H2,1H3. The molecule has 0 saturated carbocycles. The molecule has 0 spiro atoms. The van der Waals surface area contributed by atoms with Crippen LogP contribution in [-0.4, -0.2) is 11.8 Å². The minimum atomic E-state index is -2.54. The van der Waals surface area contributed by atoms with Crippen LogP contribution in [0.1, 0.15) is 19.8 Å². The van der Waals surface area contributed by atoms with E-state index in [9.17, 15) is 8.78 Å². The van der Waals surface area contributed by atoms with Crippen molar-refractivity contribution in [3.05, 3.63) is 0 Å². The van der Waals surface area contributed by atoms with E-state index in [1.807, 2.05) is 0 Å². The molecule has 0 aromatic carbocycles. The summed E-state index contributed by atoms with van der Waals surface area (Å²) in [5.74, 6) is -2.50. The molecule has 0 aliphatic carbocycles. The van der Waals surface area contributed by atoms with E-state index in [2.05, 4.69) is 0 Å². The summed E-state index contributed by atoms with van der Waals surface area (Å²) in [6, 6.07) is 0. The second-order valence-corrected chi connectivity index (χ2v) is 2.03. The van der Waals surface area contributed by atoms with Gasteiger partial charge in [-0.2, -0.15) is 0 Å². The Morgan fingerprint density at radius 1 is 1.50 bits per heavy atom. The zero-order valence-corrected chi connectivity index (χ0v) is 5.51. The van der Waals surface area contributed by atoms with Gasteiger partial charge in [0.15, 0.2) is 0 Å². The molecule has 0 heterocycles. The lowest BCUT2D eigenvalue weighted by Crippen LogP contribution is -2.14. The van der Waals surface area contributed by atoms with Crippen molar-refractivity contribution in [2.24, 2.45) is 0 Å². The van der Waals surface area contributed by atoms with Crippen LogP contribution in [0.4, 0.5) is 8.78 Å². The Hall–Kier alpha value is 0.150. The highest BCUT2D eigenvalue weighted by Gasteiger charge is 2.24. The van der Waals surface area contributed by atoms with Crippen LogP contribution in [0.2, 0.25) is 0 Å². The first-order chi connectivity index (χ1) is 3.62. The Morgan fingerprint density at radius 2 is 2.00 bits per heavy atom. The molecule has 0 atom stereocenters. The molecule has 0 bridgehead atoms. The van der Waals surface area contributed by atoms with E-state index in [0.29, 0.717) is 0 Å². The maximum atomic E-state index is 12.1. The molecule has 8 heavy (non-hydrogen) atoms. The summed E-state index contributed by atoms with van der Waals surface area (Å²) in [5, 5.41) is 0. The largest absolute Gasteiger partial charge is 0.249 e. The topological polar surface area (TPSA) is 0 Å². The minimum Gasteiger partial charge on any atom is -0.207 e. The van der Waals surface area contributed by atoms with Crippen molar-refractivity contribution in [3.8, 4) is 0 Å². The van der Waals surface area contributed by atoms with E-state index < -0.39 is 5.92 Å². The number of hydrogen-bond acceptors (Lipinski definition) is 0. The Bertz CT molecular complexity index is 63.4. The fourth-order valence-corrected chi connectivity index (χ4v) is 0.592. The normalized spacial score (nSPS) is 12.0. The van der Waals surface area contributed by atoms with Crippen molar-refractivity contribution < 1.29 is 8.78 Å². The molecular weight excluding hydrogens is 134 g/mol. The second-order valence-electron chi connectivity index (χ2n) is 1.65. The second kappa shape index (κ2) is 3.23. The molecule has 0 radical (unpaired) electrons. The Kier molecular flexibility index (Phi) is 3.29. The molecule has 0 nitrogen and oxygen atoms in total. The lowest BCUT2D eigenvalue weighted by molar-refractivity contribution is -0.00555. The van der Waals surface area contributed by atoms with Crippen molar-refractivity contribution in [2.75, 3.05) is 5.88 Å². The quantitative estimate of drug-likeness (QED) is 0.532. The van der Waals surface area contributed by atoms with Gasteiger partial charge in [-0.15, -0.1) is 11.6 Å². The van der Waals surface area contributed by atoms with Crippen molar-refractivity contribution in [1.82, 2.24) is 0 Å². The van der Waals surface area contributed by atoms with Crippen LogP contribution in [0.15, 0.2) is 0 Å². The lowest BCUT2D eigenvalue weighted by atomic mass is 10.2. The van der Waals surface area contributed by atoms with Crippen molar-refractivity contribution >= 4 is 11.6 Å². The Labute approximate surface area is 52.8 Å². The van der Waals surface area contributed by atoms with E-state index in [0.717, 1.165) is 0 Å². The first-order valence-corrected chi connectivity index (χ1v) is 3.09. The maximum Gasteiger partial charge on any atom is 0.249 e. The zero-order valence-electron chi connectivity index (χ0n) is 4.76. The third kappa shape index (κ3) is 3.19. The molecule has 0 unspecified atom stereocenters. The van der Waals surface area contributed by atoms with Crippen LogP contribution in [0, 0.1) is 0 Å². The predicted molar refractivity (Wildman–Crippen MR) is 30.6 cm³/mol. The van der Waals surface area contributed by atoms with Crippen molar-refractivity contribution in [1.29, 1.82) is 0 Å². The monoisotopic (exact) mass is 142 g/mol. The lowest BCUT2D eigenvalue weighted by Gasteiger charge is -2.09. The summed E-state index contributed by atoms with van der Waals surface area (Å²) in [5.41, 5.74) is 0. The highest BCUT2D eigenvalue weighted by Crippen LogP contribution is 2.21.